The van der Waals surface area contributed by atoms with Crippen molar-refractivity contribution in [2.75, 3.05) is 13.2 Å². The summed E-state index contributed by atoms with van der Waals surface area (Å²) in [6.07, 6.45) is 1.46. The Morgan fingerprint density at radius 1 is 1.36 bits per heavy atom. The lowest BCUT2D eigenvalue weighted by Gasteiger charge is -2.01. The van der Waals surface area contributed by atoms with Crippen molar-refractivity contribution in [3.05, 3.63) is 30.3 Å². The third-order valence-electron chi connectivity index (χ3n) is 2.13. The summed E-state index contributed by atoms with van der Waals surface area (Å²) >= 11 is 1.86. The molecule has 1 aromatic rings. The number of ether oxygens (including phenoxy) is 1. The molecule has 1 aromatic carbocycles. The highest BCUT2D eigenvalue weighted by atomic mass is 32.2. The summed E-state index contributed by atoms with van der Waals surface area (Å²) in [6, 6.07) is 10.4. The second-order valence-electron chi connectivity index (χ2n) is 3.34. The number of aliphatic hydroxyl groups is 1. The predicted octanol–water partition coefficient (Wildman–Crippen LogP) is 1.93. The second kappa shape index (κ2) is 4.82. The van der Waals surface area contributed by atoms with Gasteiger partial charge in [-0.3, -0.25) is 0 Å². The average molecular weight is 210 g/mol. The number of hydrogen-bond donors (Lipinski definition) is 1. The zero-order valence-corrected chi connectivity index (χ0v) is 8.74. The van der Waals surface area contributed by atoms with Gasteiger partial charge in [-0.1, -0.05) is 18.2 Å². The van der Waals surface area contributed by atoms with Gasteiger partial charge in [0.2, 0.25) is 0 Å². The van der Waals surface area contributed by atoms with Gasteiger partial charge in [0.25, 0.3) is 0 Å². The lowest BCUT2D eigenvalue weighted by Crippen LogP contribution is -2.03. The van der Waals surface area contributed by atoms with Crippen LogP contribution in [0.3, 0.4) is 0 Å². The van der Waals surface area contributed by atoms with Crippen LogP contribution in [0.15, 0.2) is 35.2 Å². The van der Waals surface area contributed by atoms with Crippen LogP contribution in [0.5, 0.6) is 0 Å². The number of aliphatic hydroxyl groups excluding tert-OH is 1. The molecule has 1 saturated carbocycles. The summed E-state index contributed by atoms with van der Waals surface area (Å²) in [5.41, 5.74) is 0. The molecule has 1 fully saturated rings. The molecule has 0 spiro atoms. The summed E-state index contributed by atoms with van der Waals surface area (Å²) in [7, 11) is 0. The predicted molar refractivity (Wildman–Crippen MR) is 57.5 cm³/mol. The minimum absolute atomic E-state index is 0.124. The van der Waals surface area contributed by atoms with Gasteiger partial charge in [0, 0.05) is 10.1 Å². The van der Waals surface area contributed by atoms with Gasteiger partial charge in [0.05, 0.1) is 19.3 Å². The van der Waals surface area contributed by atoms with Crippen LogP contribution in [-0.4, -0.2) is 29.7 Å². The van der Waals surface area contributed by atoms with Crippen LogP contribution in [0.1, 0.15) is 6.42 Å². The Bertz CT molecular complexity index is 276. The van der Waals surface area contributed by atoms with E-state index in [1.165, 1.54) is 4.90 Å². The van der Waals surface area contributed by atoms with Crippen molar-refractivity contribution < 1.29 is 9.84 Å². The fraction of sp³-hybridized carbons (Fsp3) is 0.455. The normalized spacial score (nSPS) is 24.9. The number of thioether (sulfide) groups is 1. The summed E-state index contributed by atoms with van der Waals surface area (Å²) < 4.78 is 5.42. The summed E-state index contributed by atoms with van der Waals surface area (Å²) in [5, 5.41) is 9.17. The van der Waals surface area contributed by atoms with E-state index in [4.69, 9.17) is 9.84 Å². The maximum atomic E-state index is 8.59. The van der Waals surface area contributed by atoms with Gasteiger partial charge < -0.3 is 9.84 Å². The Labute approximate surface area is 88.3 Å². The summed E-state index contributed by atoms with van der Waals surface area (Å²) in [6.45, 7) is 0.593. The molecular formula is C11H14O2S. The molecule has 14 heavy (non-hydrogen) atoms. The molecule has 1 aliphatic rings. The van der Waals surface area contributed by atoms with Crippen molar-refractivity contribution in [2.24, 2.45) is 0 Å². The van der Waals surface area contributed by atoms with E-state index < -0.39 is 0 Å². The van der Waals surface area contributed by atoms with Crippen LogP contribution in [-0.2, 0) is 4.74 Å². The van der Waals surface area contributed by atoms with Crippen molar-refractivity contribution in [3.63, 3.8) is 0 Å². The highest BCUT2D eigenvalue weighted by molar-refractivity contribution is 8.00. The molecule has 0 heterocycles. The maximum Gasteiger partial charge on any atom is 0.0710 e. The molecule has 0 saturated heterocycles. The second-order valence-corrected chi connectivity index (χ2v) is 4.65. The first-order valence-electron chi connectivity index (χ1n) is 4.84. The largest absolute Gasteiger partial charge is 0.394 e. The highest BCUT2D eigenvalue weighted by Gasteiger charge is 2.38. The molecule has 0 aliphatic heterocycles. The molecule has 3 heteroatoms. The fourth-order valence-electron chi connectivity index (χ4n) is 1.33. The van der Waals surface area contributed by atoms with Crippen molar-refractivity contribution in [1.29, 1.82) is 0 Å². The number of hydrogen-bond acceptors (Lipinski definition) is 3. The van der Waals surface area contributed by atoms with E-state index >= 15 is 0 Å². The van der Waals surface area contributed by atoms with Crippen molar-refractivity contribution in [1.82, 2.24) is 0 Å². The van der Waals surface area contributed by atoms with Gasteiger partial charge in [-0.25, -0.2) is 0 Å². The van der Waals surface area contributed by atoms with E-state index in [1.807, 2.05) is 30.0 Å². The monoisotopic (exact) mass is 210 g/mol. The topological polar surface area (TPSA) is 29.5 Å². The molecule has 1 aliphatic carbocycles. The standard InChI is InChI=1S/C11H14O2S/c12-6-7-13-10-8-11(10)14-9-4-2-1-3-5-9/h1-5,10-12H,6-8H2. The van der Waals surface area contributed by atoms with E-state index in [0.29, 0.717) is 18.0 Å². The fourth-order valence-corrected chi connectivity index (χ4v) is 2.51. The first kappa shape index (κ1) is 10.0. The minimum atomic E-state index is 0.124. The van der Waals surface area contributed by atoms with Gasteiger partial charge in [-0.2, -0.15) is 0 Å². The Balaban J connectivity index is 1.74. The highest BCUT2D eigenvalue weighted by Crippen LogP contribution is 2.41. The van der Waals surface area contributed by atoms with Crippen molar-refractivity contribution in [3.8, 4) is 0 Å². The zero-order valence-electron chi connectivity index (χ0n) is 7.93. The minimum Gasteiger partial charge on any atom is -0.394 e. The Hall–Kier alpha value is -0.510. The Morgan fingerprint density at radius 2 is 2.14 bits per heavy atom. The van der Waals surface area contributed by atoms with Gasteiger partial charge in [0.1, 0.15) is 0 Å². The van der Waals surface area contributed by atoms with E-state index in [0.717, 1.165) is 6.42 Å². The number of rotatable bonds is 5. The molecule has 0 radical (unpaired) electrons. The SMILES string of the molecule is OCCOC1CC1Sc1ccccc1. The van der Waals surface area contributed by atoms with E-state index in [-0.39, 0.29) is 6.61 Å². The molecule has 2 nitrogen and oxygen atoms in total. The maximum absolute atomic E-state index is 8.59. The summed E-state index contributed by atoms with van der Waals surface area (Å²) in [5.74, 6) is 0. The average Bonchev–Trinajstić information content (AvgIpc) is 2.95. The molecular weight excluding hydrogens is 196 g/mol. The van der Waals surface area contributed by atoms with Crippen LogP contribution >= 0.6 is 11.8 Å². The van der Waals surface area contributed by atoms with Crippen LogP contribution in [0.25, 0.3) is 0 Å². The number of benzene rings is 1. The van der Waals surface area contributed by atoms with Crippen LogP contribution in [0.2, 0.25) is 0 Å². The first-order chi connectivity index (χ1) is 6.90. The molecule has 2 unspecified atom stereocenters. The Morgan fingerprint density at radius 3 is 2.86 bits per heavy atom. The van der Waals surface area contributed by atoms with Crippen molar-refractivity contribution >= 4 is 11.8 Å². The quantitative estimate of drug-likeness (QED) is 0.805. The zero-order chi connectivity index (χ0) is 9.80. The van der Waals surface area contributed by atoms with Crippen molar-refractivity contribution in [2.45, 2.75) is 22.7 Å². The molecule has 0 aromatic heterocycles. The molecule has 0 amide bonds. The third-order valence-corrected chi connectivity index (χ3v) is 3.47. The van der Waals surface area contributed by atoms with Gasteiger partial charge >= 0.3 is 0 Å². The third kappa shape index (κ3) is 2.74. The van der Waals surface area contributed by atoms with Crippen LogP contribution in [0.4, 0.5) is 0 Å². The Kier molecular flexibility index (Phi) is 3.45. The van der Waals surface area contributed by atoms with Gasteiger partial charge in [0.15, 0.2) is 0 Å². The van der Waals surface area contributed by atoms with Crippen LogP contribution in [0, 0.1) is 0 Å². The lowest BCUT2D eigenvalue weighted by molar-refractivity contribution is 0.0816. The van der Waals surface area contributed by atoms with Gasteiger partial charge in [-0.05, 0) is 18.6 Å². The van der Waals surface area contributed by atoms with Gasteiger partial charge in [-0.15, -0.1) is 11.8 Å². The molecule has 0 bridgehead atoms. The lowest BCUT2D eigenvalue weighted by atomic mass is 10.4. The summed E-state index contributed by atoms with van der Waals surface area (Å²) in [4.78, 5) is 1.30. The first-order valence-corrected chi connectivity index (χ1v) is 5.72. The van der Waals surface area contributed by atoms with E-state index in [9.17, 15) is 0 Å². The van der Waals surface area contributed by atoms with E-state index in [2.05, 4.69) is 12.1 Å². The molecule has 2 rings (SSSR count). The smallest absolute Gasteiger partial charge is 0.0710 e. The van der Waals surface area contributed by atoms with Crippen LogP contribution < -0.4 is 0 Å². The molecule has 1 N–H and O–H groups in total. The van der Waals surface area contributed by atoms with E-state index in [1.54, 1.807) is 0 Å². The molecule has 2 atom stereocenters. The molecule has 76 valence electrons.